The molecule has 0 saturated heterocycles. The van der Waals surface area contributed by atoms with Crippen LogP contribution in [0.4, 0.5) is 0 Å². The summed E-state index contributed by atoms with van der Waals surface area (Å²) in [7, 11) is 0. The minimum absolute atomic E-state index is 0.0410. The van der Waals surface area contributed by atoms with Gasteiger partial charge in [0.25, 0.3) is 0 Å². The Hall–Kier alpha value is -3.13. The molecular formula is C50H68O2. The lowest BCUT2D eigenvalue weighted by Crippen LogP contribution is -2.29. The Morgan fingerprint density at radius 1 is 1.02 bits per heavy atom. The molecule has 3 saturated carbocycles. The summed E-state index contributed by atoms with van der Waals surface area (Å²) in [6, 6.07) is 11.3. The Morgan fingerprint density at radius 2 is 1.71 bits per heavy atom. The van der Waals surface area contributed by atoms with Crippen molar-refractivity contribution in [3.63, 3.8) is 0 Å². The van der Waals surface area contributed by atoms with E-state index in [1.54, 1.807) is 6.92 Å². The van der Waals surface area contributed by atoms with Crippen LogP contribution in [-0.2, 0) is 4.79 Å². The molecule has 2 aromatic carbocycles. The summed E-state index contributed by atoms with van der Waals surface area (Å²) in [4.78, 5) is 13.0. The molecule has 4 aliphatic rings. The molecule has 6 unspecified atom stereocenters. The molecule has 0 heterocycles. The van der Waals surface area contributed by atoms with E-state index in [0.717, 1.165) is 63.0 Å². The van der Waals surface area contributed by atoms with Crippen LogP contribution in [0.15, 0.2) is 84.5 Å². The van der Waals surface area contributed by atoms with Crippen molar-refractivity contribution in [1.82, 2.24) is 0 Å². The van der Waals surface area contributed by atoms with Crippen molar-refractivity contribution in [2.24, 2.45) is 46.3 Å². The lowest BCUT2D eigenvalue weighted by molar-refractivity contribution is -0.122. The van der Waals surface area contributed by atoms with Gasteiger partial charge in [-0.3, -0.25) is 4.79 Å². The average Bonchev–Trinajstić information content (AvgIpc) is 3.55. The molecule has 0 amide bonds. The van der Waals surface area contributed by atoms with E-state index >= 15 is 0 Å². The van der Waals surface area contributed by atoms with Gasteiger partial charge >= 0.3 is 0 Å². The van der Waals surface area contributed by atoms with Crippen molar-refractivity contribution >= 4 is 22.1 Å². The number of hydrogen-bond acceptors (Lipinski definition) is 2. The van der Waals surface area contributed by atoms with Crippen LogP contribution in [0.25, 0.3) is 16.3 Å². The average molecular weight is 701 g/mol. The zero-order valence-electron chi connectivity index (χ0n) is 34.0. The van der Waals surface area contributed by atoms with Gasteiger partial charge in [-0.2, -0.15) is 0 Å². The lowest BCUT2D eigenvalue weighted by Gasteiger charge is -2.38. The molecule has 6 atom stereocenters. The van der Waals surface area contributed by atoms with E-state index in [0.29, 0.717) is 23.5 Å². The molecule has 52 heavy (non-hydrogen) atoms. The standard InChI is InChI=1S/C50H68O2/c1-31(2)21-39-19-20-40(24-39)41-25-44-33(4)15-14-18-43(44)48(26-41)52-42-27-45(34(5)29-50(37(8)51)30-35(50)6)46(28-42)36(7)47(49(9,10)11)23-32(3)22-38-16-12-13-17-38/h14-15,18,20,24-26,31,35,38,42,45-47H,3,5,7,12-13,16-17,19,21-23,27-30H2,1-2,4,6,8-11H3. The molecule has 0 aromatic heterocycles. The van der Waals surface area contributed by atoms with E-state index in [1.165, 1.54) is 75.4 Å². The molecule has 6 rings (SSSR count). The topological polar surface area (TPSA) is 26.3 Å². The first-order chi connectivity index (χ1) is 24.6. The molecule has 0 spiro atoms. The largest absolute Gasteiger partial charge is 0.490 e. The van der Waals surface area contributed by atoms with E-state index in [1.807, 2.05) is 0 Å². The number of carbonyl (C=O) groups is 1. The number of benzene rings is 2. The summed E-state index contributed by atoms with van der Waals surface area (Å²) < 4.78 is 7.23. The maximum atomic E-state index is 13.0. The molecule has 4 aliphatic carbocycles. The second kappa shape index (κ2) is 15.3. The van der Waals surface area contributed by atoms with Gasteiger partial charge in [0.05, 0.1) is 6.10 Å². The zero-order chi connectivity index (χ0) is 37.5. The summed E-state index contributed by atoms with van der Waals surface area (Å²) in [6.45, 7) is 32.4. The van der Waals surface area contributed by atoms with E-state index < -0.39 is 0 Å². The molecule has 2 heteroatoms. The second-order valence-corrected chi connectivity index (χ2v) is 19.3. The van der Waals surface area contributed by atoms with Crippen LogP contribution in [0.2, 0.25) is 0 Å². The van der Waals surface area contributed by atoms with Crippen molar-refractivity contribution < 1.29 is 9.53 Å². The van der Waals surface area contributed by atoms with Crippen molar-refractivity contribution in [2.45, 2.75) is 139 Å². The molecule has 280 valence electrons. The first-order valence-electron chi connectivity index (χ1n) is 20.7. The first-order valence-corrected chi connectivity index (χ1v) is 20.7. The molecule has 3 fully saturated rings. The van der Waals surface area contributed by atoms with Crippen LogP contribution in [-0.4, -0.2) is 11.9 Å². The maximum Gasteiger partial charge on any atom is 0.136 e. The predicted molar refractivity (Wildman–Crippen MR) is 223 cm³/mol. The van der Waals surface area contributed by atoms with E-state index in [9.17, 15) is 4.79 Å². The number of carbonyl (C=O) groups excluding carboxylic acids is 1. The Bertz CT molecular complexity index is 1770. The number of Topliss-reactive ketones (excluding diaryl/α,β-unsaturated/α-hetero) is 1. The lowest BCUT2D eigenvalue weighted by atomic mass is 9.67. The number of hydrogen-bond donors (Lipinski definition) is 0. The van der Waals surface area contributed by atoms with E-state index in [4.69, 9.17) is 17.9 Å². The number of ether oxygens (including phenoxy) is 1. The molecule has 2 aromatic rings. The predicted octanol–water partition coefficient (Wildman–Crippen LogP) is 14.0. The van der Waals surface area contributed by atoms with Gasteiger partial charge in [0.2, 0.25) is 0 Å². The first kappa shape index (κ1) is 38.6. The number of rotatable bonds is 15. The van der Waals surface area contributed by atoms with Gasteiger partial charge in [0.1, 0.15) is 11.5 Å². The Morgan fingerprint density at radius 3 is 2.35 bits per heavy atom. The summed E-state index contributed by atoms with van der Waals surface area (Å²) in [5, 5.41) is 2.45. The summed E-state index contributed by atoms with van der Waals surface area (Å²) in [5.41, 5.74) is 9.13. The highest BCUT2D eigenvalue weighted by Crippen LogP contribution is 2.59. The van der Waals surface area contributed by atoms with E-state index in [2.05, 4.69) is 97.5 Å². The molecule has 0 bridgehead atoms. The molecule has 0 radical (unpaired) electrons. The van der Waals surface area contributed by atoms with Gasteiger partial charge in [-0.15, -0.1) is 0 Å². The number of aryl methyl sites for hydroxylation is 1. The van der Waals surface area contributed by atoms with Crippen LogP contribution in [0.1, 0.15) is 137 Å². The second-order valence-electron chi connectivity index (χ2n) is 19.3. The third-order valence-electron chi connectivity index (χ3n) is 13.7. The number of ketones is 1. The number of fused-ring (bicyclic) bond motifs is 1. The van der Waals surface area contributed by atoms with Crippen LogP contribution in [0.3, 0.4) is 0 Å². The monoisotopic (exact) mass is 701 g/mol. The van der Waals surface area contributed by atoms with Crippen LogP contribution < -0.4 is 4.74 Å². The highest BCUT2D eigenvalue weighted by Gasteiger charge is 2.56. The van der Waals surface area contributed by atoms with E-state index in [-0.39, 0.29) is 28.8 Å². The third-order valence-corrected chi connectivity index (χ3v) is 13.7. The Kier molecular flexibility index (Phi) is 11.4. The van der Waals surface area contributed by atoms with Gasteiger partial charge in [0.15, 0.2) is 0 Å². The fourth-order valence-electron chi connectivity index (χ4n) is 10.5. The van der Waals surface area contributed by atoms with Gasteiger partial charge < -0.3 is 4.74 Å². The van der Waals surface area contributed by atoms with Crippen LogP contribution in [0.5, 0.6) is 5.75 Å². The van der Waals surface area contributed by atoms with Gasteiger partial charge in [-0.25, -0.2) is 0 Å². The summed E-state index contributed by atoms with van der Waals surface area (Å²) >= 11 is 0. The fraction of sp³-hybridized carbons (Fsp3) is 0.580. The maximum absolute atomic E-state index is 13.0. The Labute approximate surface area is 317 Å². The summed E-state index contributed by atoms with van der Waals surface area (Å²) in [5.74, 6) is 4.01. The highest BCUT2D eigenvalue weighted by atomic mass is 16.5. The smallest absolute Gasteiger partial charge is 0.136 e. The molecule has 2 nitrogen and oxygen atoms in total. The fourth-order valence-corrected chi connectivity index (χ4v) is 10.5. The normalized spacial score (nSPS) is 26.8. The zero-order valence-corrected chi connectivity index (χ0v) is 34.0. The minimum Gasteiger partial charge on any atom is -0.490 e. The molecule has 0 N–H and O–H groups in total. The SMILES string of the molecule is C=C(CC1CCCC1)CC(C(=C)C1CC(Oc2cc(C3=CCC(CC(C)C)=C3)cc3c(C)cccc23)CC1C(=C)CC1(C(C)=O)CC1C)C(C)(C)C. The molecular weight excluding hydrogens is 633 g/mol. The van der Waals surface area contributed by atoms with Crippen molar-refractivity contribution in [1.29, 1.82) is 0 Å². The minimum atomic E-state index is -0.236. The van der Waals surface area contributed by atoms with Crippen molar-refractivity contribution in [2.75, 3.05) is 0 Å². The number of allylic oxidation sites excluding steroid dienone is 7. The van der Waals surface area contributed by atoms with Crippen molar-refractivity contribution in [3.8, 4) is 5.75 Å². The quantitative estimate of drug-likeness (QED) is 0.173. The van der Waals surface area contributed by atoms with Crippen LogP contribution >= 0.6 is 0 Å². The Balaban J connectivity index is 1.30. The summed E-state index contributed by atoms with van der Waals surface area (Å²) in [6.07, 6.45) is 18.2. The highest BCUT2D eigenvalue weighted by molar-refractivity contribution is 5.95. The van der Waals surface area contributed by atoms with Crippen LogP contribution in [0, 0.1) is 53.3 Å². The third kappa shape index (κ3) is 8.32. The molecule has 0 aliphatic heterocycles. The van der Waals surface area contributed by atoms with Gasteiger partial charge in [-0.1, -0.05) is 140 Å². The van der Waals surface area contributed by atoms with Gasteiger partial charge in [-0.05, 0) is 140 Å². The van der Waals surface area contributed by atoms with Gasteiger partial charge in [0, 0.05) is 10.8 Å². The van der Waals surface area contributed by atoms with Crippen molar-refractivity contribution in [3.05, 3.63) is 95.6 Å².